The minimum atomic E-state index is -0.379. The Morgan fingerprint density at radius 2 is 2.27 bits per heavy atom. The van der Waals surface area contributed by atoms with Gasteiger partial charge < -0.3 is 4.98 Å². The molecule has 3 N–H and O–H groups in total. The van der Waals surface area contributed by atoms with Crippen LogP contribution in [0.5, 0.6) is 0 Å². The lowest BCUT2D eigenvalue weighted by atomic mass is 10.4. The number of thioether (sulfide) groups is 1. The summed E-state index contributed by atoms with van der Waals surface area (Å²) in [4.78, 5) is 25.1. The number of H-pyrrole nitrogens is 1. The molecule has 2 amide bonds. The van der Waals surface area contributed by atoms with E-state index in [0.29, 0.717) is 11.4 Å². The van der Waals surface area contributed by atoms with Crippen LogP contribution in [-0.4, -0.2) is 28.8 Å². The highest BCUT2D eigenvalue weighted by Crippen LogP contribution is 2.09. The first kappa shape index (κ1) is 12.1. The Hall–Kier alpha value is -0.950. The van der Waals surface area contributed by atoms with Gasteiger partial charge in [0.15, 0.2) is 0 Å². The zero-order valence-electron chi connectivity index (χ0n) is 7.96. The van der Waals surface area contributed by atoms with Crippen molar-refractivity contribution in [1.82, 2.24) is 15.8 Å². The van der Waals surface area contributed by atoms with Crippen molar-refractivity contribution < 1.29 is 9.59 Å². The van der Waals surface area contributed by atoms with Gasteiger partial charge in [-0.2, -0.15) is 11.8 Å². The molecule has 82 valence electrons. The molecule has 0 atom stereocenters. The minimum absolute atomic E-state index is 0.235. The third-order valence-corrected chi connectivity index (χ3v) is 2.49. The molecule has 0 spiro atoms. The van der Waals surface area contributed by atoms with Crippen LogP contribution in [0, 0.1) is 0 Å². The van der Waals surface area contributed by atoms with E-state index in [-0.39, 0.29) is 11.8 Å². The summed E-state index contributed by atoms with van der Waals surface area (Å²) in [5.74, 6) is -0.300. The predicted molar refractivity (Wildman–Crippen MR) is 62.5 cm³/mol. The fourth-order valence-corrected chi connectivity index (χ4v) is 1.54. The Balaban J connectivity index is 2.40. The molecule has 1 aromatic rings. The lowest BCUT2D eigenvalue weighted by Crippen LogP contribution is -2.42. The van der Waals surface area contributed by atoms with E-state index in [0.717, 1.165) is 4.47 Å². The summed E-state index contributed by atoms with van der Waals surface area (Å²) in [5, 5.41) is 0. The van der Waals surface area contributed by atoms with Gasteiger partial charge in [-0.05, 0) is 28.3 Å². The van der Waals surface area contributed by atoms with E-state index < -0.39 is 0 Å². The molecule has 0 aliphatic rings. The molecule has 0 aromatic carbocycles. The zero-order chi connectivity index (χ0) is 11.3. The van der Waals surface area contributed by atoms with Crippen LogP contribution in [0.3, 0.4) is 0 Å². The van der Waals surface area contributed by atoms with Crippen molar-refractivity contribution >= 4 is 39.5 Å². The van der Waals surface area contributed by atoms with Crippen molar-refractivity contribution in [2.24, 2.45) is 0 Å². The van der Waals surface area contributed by atoms with Gasteiger partial charge in [0.1, 0.15) is 5.69 Å². The monoisotopic (exact) mass is 291 g/mol. The highest BCUT2D eigenvalue weighted by Gasteiger charge is 2.08. The number of carbonyl (C=O) groups excluding carboxylic acids is 2. The topological polar surface area (TPSA) is 74.0 Å². The Morgan fingerprint density at radius 3 is 2.80 bits per heavy atom. The minimum Gasteiger partial charge on any atom is -0.356 e. The number of hydrazine groups is 1. The van der Waals surface area contributed by atoms with Gasteiger partial charge >= 0.3 is 0 Å². The molecular weight excluding hydrogens is 282 g/mol. The zero-order valence-corrected chi connectivity index (χ0v) is 10.4. The second-order valence-corrected chi connectivity index (χ2v) is 4.45. The molecule has 0 fully saturated rings. The van der Waals surface area contributed by atoms with E-state index in [4.69, 9.17) is 0 Å². The number of hydrogen-bond donors (Lipinski definition) is 3. The maximum absolute atomic E-state index is 11.4. The number of hydrogen-bond acceptors (Lipinski definition) is 3. The average molecular weight is 292 g/mol. The fraction of sp³-hybridized carbons (Fsp3) is 0.250. The van der Waals surface area contributed by atoms with Crippen LogP contribution in [-0.2, 0) is 4.79 Å². The third-order valence-electron chi connectivity index (χ3n) is 1.48. The van der Waals surface area contributed by atoms with Gasteiger partial charge in [0, 0.05) is 10.7 Å². The van der Waals surface area contributed by atoms with Crippen LogP contribution in [0.15, 0.2) is 16.7 Å². The van der Waals surface area contributed by atoms with Crippen molar-refractivity contribution in [3.05, 3.63) is 22.4 Å². The number of aromatic nitrogens is 1. The molecule has 0 bridgehead atoms. The number of carbonyl (C=O) groups is 2. The summed E-state index contributed by atoms with van der Waals surface area (Å²) in [6.07, 6.45) is 3.45. The first-order valence-electron chi connectivity index (χ1n) is 4.05. The maximum atomic E-state index is 11.4. The molecule has 0 saturated carbocycles. The summed E-state index contributed by atoms with van der Waals surface area (Å²) in [6.45, 7) is 0. The summed E-state index contributed by atoms with van der Waals surface area (Å²) >= 11 is 4.59. The van der Waals surface area contributed by atoms with Crippen LogP contribution in [0.2, 0.25) is 0 Å². The molecule has 15 heavy (non-hydrogen) atoms. The Labute approximate surface area is 99.5 Å². The molecule has 0 aliphatic carbocycles. The summed E-state index contributed by atoms with van der Waals surface area (Å²) < 4.78 is 0.781. The molecular formula is C8H10BrN3O2S. The molecule has 1 rings (SSSR count). The Kier molecular flexibility index (Phi) is 4.70. The average Bonchev–Trinajstić information content (AvgIpc) is 2.62. The summed E-state index contributed by atoms with van der Waals surface area (Å²) in [5.41, 5.74) is 4.97. The SMILES string of the molecule is CSCC(=O)NNC(=O)c1cc(Br)c[nH]1. The van der Waals surface area contributed by atoms with Crippen molar-refractivity contribution in [1.29, 1.82) is 0 Å². The normalized spacial score (nSPS) is 9.73. The summed E-state index contributed by atoms with van der Waals surface area (Å²) in [6, 6.07) is 1.62. The van der Waals surface area contributed by atoms with Crippen LogP contribution in [0.25, 0.3) is 0 Å². The molecule has 1 heterocycles. The van der Waals surface area contributed by atoms with E-state index in [1.54, 1.807) is 12.3 Å². The lowest BCUT2D eigenvalue weighted by Gasteiger charge is -2.04. The van der Waals surface area contributed by atoms with E-state index in [9.17, 15) is 9.59 Å². The van der Waals surface area contributed by atoms with Crippen LogP contribution in [0.1, 0.15) is 10.5 Å². The second kappa shape index (κ2) is 5.82. The van der Waals surface area contributed by atoms with E-state index in [1.807, 2.05) is 6.26 Å². The van der Waals surface area contributed by atoms with E-state index in [2.05, 4.69) is 31.8 Å². The first-order valence-corrected chi connectivity index (χ1v) is 6.24. The van der Waals surface area contributed by atoms with E-state index in [1.165, 1.54) is 11.8 Å². The Morgan fingerprint density at radius 1 is 1.53 bits per heavy atom. The van der Waals surface area contributed by atoms with Crippen molar-refractivity contribution in [3.8, 4) is 0 Å². The van der Waals surface area contributed by atoms with Gasteiger partial charge in [0.2, 0.25) is 5.91 Å². The number of halogens is 1. The van der Waals surface area contributed by atoms with Gasteiger partial charge in [0.25, 0.3) is 5.91 Å². The fourth-order valence-electron chi connectivity index (χ4n) is 0.860. The molecule has 1 aromatic heterocycles. The van der Waals surface area contributed by atoms with Crippen LogP contribution < -0.4 is 10.9 Å². The van der Waals surface area contributed by atoms with Crippen molar-refractivity contribution in [2.45, 2.75) is 0 Å². The summed E-state index contributed by atoms with van der Waals surface area (Å²) in [7, 11) is 0. The number of amides is 2. The molecule has 0 radical (unpaired) electrons. The lowest BCUT2D eigenvalue weighted by molar-refractivity contribution is -0.119. The highest BCUT2D eigenvalue weighted by atomic mass is 79.9. The molecule has 0 unspecified atom stereocenters. The van der Waals surface area contributed by atoms with Gasteiger partial charge in [-0.25, -0.2) is 0 Å². The highest BCUT2D eigenvalue weighted by molar-refractivity contribution is 9.10. The standard InChI is InChI=1S/C8H10BrN3O2S/c1-15-4-7(13)11-12-8(14)6-2-5(9)3-10-6/h2-3,10H,4H2,1H3,(H,11,13)(H,12,14). The third kappa shape index (κ3) is 3.96. The number of rotatable bonds is 3. The first-order chi connectivity index (χ1) is 7.13. The second-order valence-electron chi connectivity index (χ2n) is 2.67. The van der Waals surface area contributed by atoms with Gasteiger partial charge in [0.05, 0.1) is 5.75 Å². The number of aromatic amines is 1. The van der Waals surface area contributed by atoms with Crippen molar-refractivity contribution in [2.75, 3.05) is 12.0 Å². The van der Waals surface area contributed by atoms with E-state index >= 15 is 0 Å². The molecule has 0 aliphatic heterocycles. The van der Waals surface area contributed by atoms with Gasteiger partial charge in [-0.15, -0.1) is 0 Å². The largest absolute Gasteiger partial charge is 0.356 e. The van der Waals surface area contributed by atoms with Gasteiger partial charge in [-0.1, -0.05) is 0 Å². The predicted octanol–water partition coefficient (Wildman–Crippen LogP) is 0.901. The molecule has 0 saturated heterocycles. The molecule has 7 heteroatoms. The van der Waals surface area contributed by atoms with Crippen molar-refractivity contribution in [3.63, 3.8) is 0 Å². The molecule has 5 nitrogen and oxygen atoms in total. The smallest absolute Gasteiger partial charge is 0.286 e. The van der Waals surface area contributed by atoms with Crippen LogP contribution >= 0.6 is 27.7 Å². The Bertz CT molecular complexity index is 367. The quantitative estimate of drug-likeness (QED) is 0.725. The maximum Gasteiger partial charge on any atom is 0.286 e. The van der Waals surface area contributed by atoms with Crippen LogP contribution in [0.4, 0.5) is 0 Å². The van der Waals surface area contributed by atoms with Gasteiger partial charge in [-0.3, -0.25) is 20.4 Å². The number of nitrogens with one attached hydrogen (secondary N) is 3.